The van der Waals surface area contributed by atoms with Crippen LogP contribution in [0.25, 0.3) is 0 Å². The normalized spacial score (nSPS) is 12.6. The lowest BCUT2D eigenvalue weighted by atomic mass is 10.1. The third kappa shape index (κ3) is 4.26. The molecule has 2 rings (SSSR count). The number of halogens is 1. The summed E-state index contributed by atoms with van der Waals surface area (Å²) in [5, 5.41) is 0.787. The van der Waals surface area contributed by atoms with E-state index in [1.807, 2.05) is 30.3 Å². The number of nitrogens with two attached hydrogens (primary N) is 1. The molecule has 0 aliphatic heterocycles. The van der Waals surface area contributed by atoms with Gasteiger partial charge in [0.25, 0.3) is 0 Å². The third-order valence-corrected chi connectivity index (χ3v) is 3.83. The molecule has 0 spiro atoms. The largest absolute Gasteiger partial charge is 0.399 e. The maximum absolute atomic E-state index is 5.91. The van der Waals surface area contributed by atoms with E-state index in [9.17, 15) is 0 Å². The summed E-state index contributed by atoms with van der Waals surface area (Å²) in [5.74, 6) is 0. The number of likely N-dealkylation sites (N-methyl/N-ethyl adjacent to an activating group) is 1. The minimum absolute atomic E-state index is 0.456. The van der Waals surface area contributed by atoms with Crippen LogP contribution < -0.4 is 5.73 Å². The van der Waals surface area contributed by atoms with Gasteiger partial charge in [0.2, 0.25) is 0 Å². The van der Waals surface area contributed by atoms with Crippen LogP contribution in [0, 0.1) is 0 Å². The van der Waals surface area contributed by atoms with Crippen LogP contribution in [0.2, 0.25) is 5.02 Å². The molecule has 1 atom stereocenters. The summed E-state index contributed by atoms with van der Waals surface area (Å²) >= 11 is 5.91. The molecule has 0 aliphatic rings. The number of hydrogen-bond acceptors (Lipinski definition) is 2. The molecule has 2 N–H and O–H groups in total. The molecule has 20 heavy (non-hydrogen) atoms. The highest BCUT2D eigenvalue weighted by molar-refractivity contribution is 6.30. The molecule has 106 valence electrons. The summed E-state index contributed by atoms with van der Waals surface area (Å²) < 4.78 is 0. The first-order valence-electron chi connectivity index (χ1n) is 6.83. The summed E-state index contributed by atoms with van der Waals surface area (Å²) in [6.45, 7) is 3.14. The summed E-state index contributed by atoms with van der Waals surface area (Å²) in [6.07, 6.45) is 1.01. The Balaban J connectivity index is 1.94. The van der Waals surface area contributed by atoms with Crippen molar-refractivity contribution in [1.29, 1.82) is 0 Å². The summed E-state index contributed by atoms with van der Waals surface area (Å²) in [4.78, 5) is 2.34. The fourth-order valence-corrected chi connectivity index (χ4v) is 2.38. The Morgan fingerprint density at radius 2 is 1.80 bits per heavy atom. The molecule has 0 heterocycles. The number of rotatable bonds is 5. The van der Waals surface area contributed by atoms with Crippen molar-refractivity contribution in [3.05, 3.63) is 64.7 Å². The molecule has 0 radical (unpaired) electrons. The molecule has 2 aromatic carbocycles. The Morgan fingerprint density at radius 1 is 1.10 bits per heavy atom. The fraction of sp³-hybridized carbons (Fsp3) is 0.294. The highest BCUT2D eigenvalue weighted by Gasteiger charge is 2.10. The van der Waals surface area contributed by atoms with Gasteiger partial charge in [-0.3, -0.25) is 4.90 Å². The van der Waals surface area contributed by atoms with Crippen molar-refractivity contribution in [2.75, 3.05) is 12.8 Å². The van der Waals surface area contributed by atoms with E-state index >= 15 is 0 Å². The quantitative estimate of drug-likeness (QED) is 0.843. The zero-order chi connectivity index (χ0) is 14.5. The van der Waals surface area contributed by atoms with Gasteiger partial charge in [0.15, 0.2) is 0 Å². The van der Waals surface area contributed by atoms with E-state index in [1.54, 1.807) is 0 Å². The lowest BCUT2D eigenvalue weighted by Crippen LogP contribution is -2.30. The predicted octanol–water partition coefficient (Wildman–Crippen LogP) is 3.99. The van der Waals surface area contributed by atoms with Crippen LogP contribution >= 0.6 is 11.6 Å². The first kappa shape index (κ1) is 14.9. The first-order valence-corrected chi connectivity index (χ1v) is 7.21. The molecule has 0 saturated carbocycles. The van der Waals surface area contributed by atoms with Crippen molar-refractivity contribution in [2.24, 2.45) is 0 Å². The maximum Gasteiger partial charge on any atom is 0.0406 e. The van der Waals surface area contributed by atoms with Crippen molar-refractivity contribution in [2.45, 2.75) is 25.9 Å². The molecule has 0 aliphatic carbocycles. The van der Waals surface area contributed by atoms with E-state index in [4.69, 9.17) is 17.3 Å². The molecular weight excluding hydrogens is 268 g/mol. The van der Waals surface area contributed by atoms with E-state index in [0.717, 1.165) is 23.7 Å². The summed E-state index contributed by atoms with van der Waals surface area (Å²) in [6, 6.07) is 16.6. The average Bonchev–Trinajstić information content (AvgIpc) is 2.41. The molecule has 0 aromatic heterocycles. The third-order valence-electron chi connectivity index (χ3n) is 3.58. The maximum atomic E-state index is 5.91. The van der Waals surface area contributed by atoms with Crippen LogP contribution in [-0.4, -0.2) is 18.0 Å². The lowest BCUT2D eigenvalue weighted by Gasteiger charge is -2.25. The highest BCUT2D eigenvalue weighted by atomic mass is 35.5. The second kappa shape index (κ2) is 6.78. The SMILES string of the molecule is CC(Cc1ccc(Cl)cc1)N(C)Cc1cccc(N)c1. The van der Waals surface area contributed by atoms with Crippen molar-refractivity contribution in [3.8, 4) is 0 Å². The average molecular weight is 289 g/mol. The molecule has 3 heteroatoms. The number of benzene rings is 2. The van der Waals surface area contributed by atoms with Crippen LogP contribution in [0.5, 0.6) is 0 Å². The van der Waals surface area contributed by atoms with Gasteiger partial charge in [-0.05, 0) is 55.8 Å². The van der Waals surface area contributed by atoms with Crippen molar-refractivity contribution in [3.63, 3.8) is 0 Å². The van der Waals surface area contributed by atoms with Gasteiger partial charge >= 0.3 is 0 Å². The highest BCUT2D eigenvalue weighted by Crippen LogP contribution is 2.15. The predicted molar refractivity (Wildman–Crippen MR) is 86.9 cm³/mol. The molecular formula is C17H21ClN2. The van der Waals surface area contributed by atoms with Gasteiger partial charge in [-0.25, -0.2) is 0 Å². The summed E-state index contributed by atoms with van der Waals surface area (Å²) in [5.41, 5.74) is 9.19. The van der Waals surface area contributed by atoms with Crippen LogP contribution in [0.3, 0.4) is 0 Å². The second-order valence-electron chi connectivity index (χ2n) is 5.34. The number of nitrogen functional groups attached to an aromatic ring is 1. The lowest BCUT2D eigenvalue weighted by molar-refractivity contribution is 0.248. The minimum Gasteiger partial charge on any atom is -0.399 e. The number of hydrogen-bond donors (Lipinski definition) is 1. The molecule has 0 bridgehead atoms. The topological polar surface area (TPSA) is 29.3 Å². The van der Waals surface area contributed by atoms with E-state index in [0.29, 0.717) is 6.04 Å². The zero-order valence-corrected chi connectivity index (χ0v) is 12.8. The van der Waals surface area contributed by atoms with Crippen molar-refractivity contribution in [1.82, 2.24) is 4.90 Å². The summed E-state index contributed by atoms with van der Waals surface area (Å²) in [7, 11) is 2.14. The number of nitrogens with zero attached hydrogens (tertiary/aromatic N) is 1. The van der Waals surface area contributed by atoms with Gasteiger partial charge in [-0.2, -0.15) is 0 Å². The van der Waals surface area contributed by atoms with E-state index in [2.05, 4.69) is 37.1 Å². The van der Waals surface area contributed by atoms with Gasteiger partial charge in [-0.1, -0.05) is 35.9 Å². The molecule has 0 saturated heterocycles. The Labute approximate surface area is 126 Å². The monoisotopic (exact) mass is 288 g/mol. The van der Waals surface area contributed by atoms with Crippen molar-refractivity contribution >= 4 is 17.3 Å². The zero-order valence-electron chi connectivity index (χ0n) is 12.0. The fourth-order valence-electron chi connectivity index (χ4n) is 2.25. The molecule has 1 unspecified atom stereocenters. The first-order chi connectivity index (χ1) is 9.54. The second-order valence-corrected chi connectivity index (χ2v) is 5.78. The van der Waals surface area contributed by atoms with Gasteiger partial charge < -0.3 is 5.73 Å². The van der Waals surface area contributed by atoms with E-state index in [-0.39, 0.29) is 0 Å². The van der Waals surface area contributed by atoms with Crippen LogP contribution in [-0.2, 0) is 13.0 Å². The van der Waals surface area contributed by atoms with Gasteiger partial charge in [-0.15, -0.1) is 0 Å². The molecule has 0 fully saturated rings. The van der Waals surface area contributed by atoms with E-state index < -0.39 is 0 Å². The Bertz CT molecular complexity index is 551. The standard InChI is InChI=1S/C17H21ClN2/c1-13(10-14-6-8-16(18)9-7-14)20(2)12-15-4-3-5-17(19)11-15/h3-9,11,13H,10,12,19H2,1-2H3. The number of anilines is 1. The van der Waals surface area contributed by atoms with Crippen LogP contribution in [0.15, 0.2) is 48.5 Å². The molecule has 2 nitrogen and oxygen atoms in total. The van der Waals surface area contributed by atoms with E-state index in [1.165, 1.54) is 11.1 Å². The molecule has 0 amide bonds. The Kier molecular flexibility index (Phi) is 5.05. The molecule has 2 aromatic rings. The van der Waals surface area contributed by atoms with Crippen molar-refractivity contribution < 1.29 is 0 Å². The Hall–Kier alpha value is -1.51. The minimum atomic E-state index is 0.456. The van der Waals surface area contributed by atoms with Gasteiger partial charge in [0.05, 0.1) is 0 Å². The van der Waals surface area contributed by atoms with Crippen LogP contribution in [0.4, 0.5) is 5.69 Å². The van der Waals surface area contributed by atoms with Gasteiger partial charge in [0.1, 0.15) is 0 Å². The smallest absolute Gasteiger partial charge is 0.0406 e. The van der Waals surface area contributed by atoms with Gasteiger partial charge in [0, 0.05) is 23.3 Å². The van der Waals surface area contributed by atoms with Crippen LogP contribution in [0.1, 0.15) is 18.1 Å². The Morgan fingerprint density at radius 3 is 2.45 bits per heavy atom.